The van der Waals surface area contributed by atoms with Crippen LogP contribution in [0.3, 0.4) is 0 Å². The Morgan fingerprint density at radius 1 is 1.30 bits per heavy atom. The minimum atomic E-state index is -0.154. The van der Waals surface area contributed by atoms with Gasteiger partial charge in [-0.25, -0.2) is 0 Å². The quantitative estimate of drug-likeness (QED) is 0.576. The molecule has 3 aliphatic rings. The summed E-state index contributed by atoms with van der Waals surface area (Å²) in [7, 11) is 0. The van der Waals surface area contributed by atoms with Crippen molar-refractivity contribution in [1.82, 2.24) is 25.8 Å². The summed E-state index contributed by atoms with van der Waals surface area (Å²) >= 11 is 5.41. The Morgan fingerprint density at radius 2 is 2.13 bits per heavy atom. The van der Waals surface area contributed by atoms with Gasteiger partial charge < -0.3 is 25.3 Å². The molecule has 0 saturated carbocycles. The number of furan rings is 1. The number of hydrogen-bond donors (Lipinski definition) is 3. The number of carbonyl (C=O) groups is 2. The predicted molar refractivity (Wildman–Crippen MR) is 117 cm³/mol. The second kappa shape index (κ2) is 9.78. The lowest BCUT2D eigenvalue weighted by molar-refractivity contribution is -0.133. The highest BCUT2D eigenvalue weighted by atomic mass is 32.1. The zero-order valence-corrected chi connectivity index (χ0v) is 18.1. The smallest absolute Gasteiger partial charge is 0.237 e. The van der Waals surface area contributed by atoms with Crippen molar-refractivity contribution in [3.05, 3.63) is 24.2 Å². The van der Waals surface area contributed by atoms with E-state index in [9.17, 15) is 9.59 Å². The van der Waals surface area contributed by atoms with Crippen LogP contribution >= 0.6 is 12.2 Å². The minimum Gasteiger partial charge on any atom is -0.467 e. The molecule has 0 radical (unpaired) electrons. The van der Waals surface area contributed by atoms with E-state index in [4.69, 9.17) is 16.6 Å². The summed E-state index contributed by atoms with van der Waals surface area (Å²) in [5.41, 5.74) is 0. The Labute approximate surface area is 182 Å². The molecular weight excluding hydrogens is 402 g/mol. The number of hydrogen-bond acceptors (Lipinski definition) is 5. The topological polar surface area (TPSA) is 89.9 Å². The Balaban J connectivity index is 1.26. The van der Waals surface area contributed by atoms with Crippen LogP contribution < -0.4 is 16.0 Å². The van der Waals surface area contributed by atoms with E-state index in [1.165, 1.54) is 6.42 Å². The van der Waals surface area contributed by atoms with E-state index in [1.54, 1.807) is 6.26 Å². The molecule has 1 aromatic rings. The van der Waals surface area contributed by atoms with Gasteiger partial charge in [-0.05, 0) is 56.5 Å². The van der Waals surface area contributed by atoms with Crippen LogP contribution in [0.5, 0.6) is 0 Å². The van der Waals surface area contributed by atoms with Crippen molar-refractivity contribution in [1.29, 1.82) is 0 Å². The summed E-state index contributed by atoms with van der Waals surface area (Å²) in [6.45, 7) is 3.67. The molecule has 0 aromatic carbocycles. The Hall–Kier alpha value is -2.13. The van der Waals surface area contributed by atoms with E-state index < -0.39 is 0 Å². The molecule has 8 nitrogen and oxygen atoms in total. The fourth-order valence-electron chi connectivity index (χ4n) is 4.76. The zero-order chi connectivity index (χ0) is 20.9. The highest BCUT2D eigenvalue weighted by molar-refractivity contribution is 7.80. The molecule has 3 N–H and O–H groups in total. The summed E-state index contributed by atoms with van der Waals surface area (Å²) < 4.78 is 5.31. The summed E-state index contributed by atoms with van der Waals surface area (Å²) in [5.74, 6) is 1.15. The molecule has 0 bridgehead atoms. The first-order valence-electron chi connectivity index (χ1n) is 11.0. The molecule has 3 aliphatic heterocycles. The normalized spacial score (nSPS) is 26.7. The van der Waals surface area contributed by atoms with Crippen molar-refractivity contribution in [2.24, 2.45) is 0 Å². The van der Waals surface area contributed by atoms with Crippen molar-refractivity contribution < 1.29 is 14.0 Å². The van der Waals surface area contributed by atoms with E-state index in [0.717, 1.165) is 44.7 Å². The largest absolute Gasteiger partial charge is 0.467 e. The lowest BCUT2D eigenvalue weighted by Crippen LogP contribution is -2.58. The summed E-state index contributed by atoms with van der Waals surface area (Å²) in [4.78, 5) is 29.2. The van der Waals surface area contributed by atoms with Gasteiger partial charge in [-0.3, -0.25) is 14.5 Å². The maximum atomic E-state index is 12.6. The monoisotopic (exact) mass is 433 g/mol. The van der Waals surface area contributed by atoms with Crippen LogP contribution in [0.25, 0.3) is 0 Å². The zero-order valence-electron chi connectivity index (χ0n) is 17.3. The molecule has 4 heterocycles. The van der Waals surface area contributed by atoms with Crippen LogP contribution in [0.15, 0.2) is 22.8 Å². The number of piperidine rings is 1. The molecule has 9 heteroatoms. The van der Waals surface area contributed by atoms with Gasteiger partial charge in [-0.15, -0.1) is 0 Å². The van der Waals surface area contributed by atoms with Gasteiger partial charge >= 0.3 is 0 Å². The first kappa shape index (κ1) is 21.1. The second-order valence-corrected chi connectivity index (χ2v) is 8.84. The Morgan fingerprint density at radius 3 is 2.90 bits per heavy atom. The number of piperazine rings is 1. The predicted octanol–water partition coefficient (Wildman–Crippen LogP) is 0.978. The third kappa shape index (κ3) is 5.13. The number of nitrogens with one attached hydrogen (secondary N) is 3. The third-order valence-corrected chi connectivity index (χ3v) is 6.62. The maximum Gasteiger partial charge on any atom is 0.237 e. The molecule has 0 aliphatic carbocycles. The van der Waals surface area contributed by atoms with Crippen molar-refractivity contribution in [3.8, 4) is 0 Å². The first-order valence-corrected chi connectivity index (χ1v) is 11.4. The SMILES string of the molecule is O=C1NC[C@@H](CCC(=O)N2CCCCC2)N2C[C@H](NC(=S)NCc3ccco3)C[C@@H]12. The highest BCUT2D eigenvalue weighted by Crippen LogP contribution is 2.26. The maximum absolute atomic E-state index is 12.6. The molecule has 0 unspecified atom stereocenters. The van der Waals surface area contributed by atoms with Gasteiger partial charge in [0.15, 0.2) is 5.11 Å². The van der Waals surface area contributed by atoms with Crippen LogP contribution in [0.2, 0.25) is 0 Å². The molecule has 2 amide bonds. The van der Waals surface area contributed by atoms with Gasteiger partial charge in [-0.1, -0.05) is 0 Å². The Kier molecular flexibility index (Phi) is 6.89. The summed E-state index contributed by atoms with van der Waals surface area (Å²) in [6.07, 6.45) is 7.12. The van der Waals surface area contributed by atoms with Gasteiger partial charge in [0.2, 0.25) is 11.8 Å². The standard InChI is InChI=1S/C21H31N5O3S/c27-19(25-8-2-1-3-9-25)7-6-16-12-22-20(28)18-11-15(14-26(16)18)24-21(30)23-13-17-5-4-10-29-17/h4-5,10,15-16,18H,1-3,6-9,11-14H2,(H,22,28)(H2,23,24,30)/t15-,16-,18+/m1/s1. The molecule has 3 saturated heterocycles. The van der Waals surface area contributed by atoms with Crippen molar-refractivity contribution in [2.45, 2.75) is 63.2 Å². The van der Waals surface area contributed by atoms with E-state index in [-0.39, 0.29) is 29.9 Å². The number of carbonyl (C=O) groups excluding carboxylic acids is 2. The summed E-state index contributed by atoms with van der Waals surface area (Å²) in [5, 5.41) is 10.1. The number of fused-ring (bicyclic) bond motifs is 1. The number of thiocarbonyl (C=S) groups is 1. The average Bonchev–Trinajstić information content (AvgIpc) is 3.42. The fraction of sp³-hybridized carbons (Fsp3) is 0.667. The number of nitrogens with zero attached hydrogens (tertiary/aromatic N) is 2. The molecule has 30 heavy (non-hydrogen) atoms. The molecule has 3 atom stereocenters. The van der Waals surface area contributed by atoms with Crippen molar-refractivity contribution >= 4 is 29.1 Å². The van der Waals surface area contributed by atoms with Crippen molar-refractivity contribution in [2.75, 3.05) is 26.2 Å². The molecule has 0 spiro atoms. The van der Waals surface area contributed by atoms with Crippen molar-refractivity contribution in [3.63, 3.8) is 0 Å². The van der Waals surface area contributed by atoms with Crippen LogP contribution in [0.4, 0.5) is 0 Å². The highest BCUT2D eigenvalue weighted by Gasteiger charge is 2.43. The van der Waals surface area contributed by atoms with E-state index >= 15 is 0 Å². The number of amides is 2. The number of rotatable bonds is 6. The minimum absolute atomic E-state index is 0.0763. The van der Waals surface area contributed by atoms with Gasteiger partial charge in [0.1, 0.15) is 5.76 Å². The van der Waals surface area contributed by atoms with Crippen LogP contribution in [0, 0.1) is 0 Å². The van der Waals surface area contributed by atoms with E-state index in [0.29, 0.717) is 31.0 Å². The molecule has 3 fully saturated rings. The summed E-state index contributed by atoms with van der Waals surface area (Å²) in [6, 6.07) is 3.89. The third-order valence-electron chi connectivity index (χ3n) is 6.36. The molecule has 1 aromatic heterocycles. The van der Waals surface area contributed by atoms with Crippen LogP contribution in [-0.4, -0.2) is 71.0 Å². The van der Waals surface area contributed by atoms with E-state index in [1.807, 2.05) is 17.0 Å². The first-order chi connectivity index (χ1) is 14.6. The van der Waals surface area contributed by atoms with Gasteiger partial charge in [-0.2, -0.15) is 0 Å². The fourth-order valence-corrected chi connectivity index (χ4v) is 5.00. The van der Waals surface area contributed by atoms with Crippen LogP contribution in [-0.2, 0) is 16.1 Å². The lowest BCUT2D eigenvalue weighted by atomic mass is 10.0. The van der Waals surface area contributed by atoms with Gasteiger partial charge in [0, 0.05) is 44.7 Å². The molecular formula is C21H31N5O3S. The van der Waals surface area contributed by atoms with E-state index in [2.05, 4.69) is 20.9 Å². The molecule has 164 valence electrons. The average molecular weight is 434 g/mol. The molecule has 4 rings (SSSR count). The number of likely N-dealkylation sites (tertiary alicyclic amines) is 1. The van der Waals surface area contributed by atoms with Gasteiger partial charge in [0.05, 0.1) is 18.8 Å². The Bertz CT molecular complexity index is 750. The lowest BCUT2D eigenvalue weighted by Gasteiger charge is -2.37. The van der Waals surface area contributed by atoms with Crippen LogP contribution in [0.1, 0.15) is 44.3 Å². The van der Waals surface area contributed by atoms with Gasteiger partial charge in [0.25, 0.3) is 0 Å². The second-order valence-electron chi connectivity index (χ2n) is 8.43.